The number of nitrogens with zero attached hydrogens (tertiary/aromatic N) is 3. The Morgan fingerprint density at radius 3 is 2.88 bits per heavy atom. The molecule has 0 unspecified atom stereocenters. The van der Waals surface area contributed by atoms with Gasteiger partial charge in [-0.3, -0.25) is 9.98 Å². The van der Waals surface area contributed by atoms with Gasteiger partial charge in [-0.2, -0.15) is 0 Å². The van der Waals surface area contributed by atoms with Gasteiger partial charge in [0, 0.05) is 18.0 Å². The molecule has 0 amide bonds. The molecule has 2 aromatic rings. The molecule has 2 aliphatic rings. The van der Waals surface area contributed by atoms with Crippen molar-refractivity contribution in [3.63, 3.8) is 0 Å². The fourth-order valence-electron chi connectivity index (χ4n) is 3.34. The van der Waals surface area contributed by atoms with Gasteiger partial charge in [0.2, 0.25) is 0 Å². The molecule has 0 bridgehead atoms. The van der Waals surface area contributed by atoms with Crippen LogP contribution in [-0.2, 0) is 0 Å². The highest BCUT2D eigenvalue weighted by Gasteiger charge is 2.43. The molecule has 124 valence electrons. The molecule has 1 aromatic heterocycles. The van der Waals surface area contributed by atoms with Crippen molar-refractivity contribution in [1.82, 2.24) is 9.88 Å². The first-order chi connectivity index (χ1) is 11.7. The molecular formula is C18H18ClN3OS. The predicted octanol–water partition coefficient (Wildman–Crippen LogP) is 4.33. The third-order valence-electron chi connectivity index (χ3n) is 4.40. The Labute approximate surface area is 150 Å². The van der Waals surface area contributed by atoms with Crippen LogP contribution in [0.25, 0.3) is 0 Å². The number of halogens is 1. The highest BCUT2D eigenvalue weighted by Crippen LogP contribution is 2.48. The zero-order valence-corrected chi connectivity index (χ0v) is 15.1. The third-order valence-corrected chi connectivity index (χ3v) is 5.80. The van der Waals surface area contributed by atoms with Crippen molar-refractivity contribution in [2.75, 3.05) is 13.7 Å². The number of aliphatic imine (C=N–C) groups is 1. The number of amidine groups is 1. The highest BCUT2D eigenvalue weighted by molar-refractivity contribution is 8.14. The molecule has 3 heterocycles. The second-order valence-electron chi connectivity index (χ2n) is 6.03. The number of aromatic nitrogens is 1. The maximum absolute atomic E-state index is 6.37. The fourth-order valence-corrected chi connectivity index (χ4v) is 4.70. The third kappa shape index (κ3) is 2.66. The van der Waals surface area contributed by atoms with Gasteiger partial charge < -0.3 is 9.64 Å². The summed E-state index contributed by atoms with van der Waals surface area (Å²) in [7, 11) is 1.63. The number of benzene rings is 1. The van der Waals surface area contributed by atoms with Crippen molar-refractivity contribution < 1.29 is 4.74 Å². The number of fused-ring (bicyclic) bond motifs is 1. The van der Waals surface area contributed by atoms with Crippen LogP contribution in [0.1, 0.15) is 30.3 Å². The number of hydrogen-bond donors (Lipinski definition) is 0. The minimum Gasteiger partial charge on any atom is -0.495 e. The number of thioether (sulfide) groups is 1. The summed E-state index contributed by atoms with van der Waals surface area (Å²) in [6, 6.07) is 12.1. The van der Waals surface area contributed by atoms with E-state index in [9.17, 15) is 0 Å². The van der Waals surface area contributed by atoms with Crippen LogP contribution < -0.4 is 4.74 Å². The van der Waals surface area contributed by atoms with Crippen molar-refractivity contribution in [3.8, 4) is 5.75 Å². The number of ether oxygens (including phenoxy) is 1. The van der Waals surface area contributed by atoms with Gasteiger partial charge in [-0.1, -0.05) is 42.4 Å². The zero-order valence-electron chi connectivity index (χ0n) is 13.5. The van der Waals surface area contributed by atoms with Gasteiger partial charge in [0.15, 0.2) is 5.17 Å². The number of methoxy groups -OCH3 is 1. The van der Waals surface area contributed by atoms with E-state index in [0.717, 1.165) is 23.0 Å². The summed E-state index contributed by atoms with van der Waals surface area (Å²) >= 11 is 8.21. The molecule has 0 radical (unpaired) electrons. The fraction of sp³-hybridized carbons (Fsp3) is 0.333. The first-order valence-electron chi connectivity index (χ1n) is 7.93. The van der Waals surface area contributed by atoms with Crippen LogP contribution in [0.4, 0.5) is 0 Å². The average molecular weight is 360 g/mol. The van der Waals surface area contributed by atoms with Crippen LogP contribution in [0.3, 0.4) is 0 Å². The molecule has 0 aliphatic carbocycles. The Morgan fingerprint density at radius 2 is 2.17 bits per heavy atom. The Kier molecular flexibility index (Phi) is 4.14. The monoisotopic (exact) mass is 359 g/mol. The van der Waals surface area contributed by atoms with Crippen LogP contribution in [0.5, 0.6) is 5.75 Å². The van der Waals surface area contributed by atoms with Gasteiger partial charge in [-0.15, -0.1) is 0 Å². The molecule has 4 nitrogen and oxygen atoms in total. The van der Waals surface area contributed by atoms with Gasteiger partial charge in [-0.25, -0.2) is 0 Å². The van der Waals surface area contributed by atoms with E-state index in [1.807, 2.05) is 48.3 Å². The van der Waals surface area contributed by atoms with Gasteiger partial charge in [0.1, 0.15) is 11.8 Å². The Hall–Kier alpha value is -1.72. The second-order valence-corrected chi connectivity index (χ2v) is 7.84. The summed E-state index contributed by atoms with van der Waals surface area (Å²) in [6.07, 6.45) is 1.83. The number of rotatable bonds is 3. The van der Waals surface area contributed by atoms with Crippen LogP contribution in [0.15, 0.2) is 47.6 Å². The Balaban J connectivity index is 1.77. The predicted molar refractivity (Wildman–Crippen MR) is 98.9 cm³/mol. The summed E-state index contributed by atoms with van der Waals surface area (Å²) in [5, 5.41) is 2.28. The molecule has 0 spiro atoms. The molecule has 4 rings (SSSR count). The van der Waals surface area contributed by atoms with Crippen molar-refractivity contribution in [2.24, 2.45) is 4.99 Å². The lowest BCUT2D eigenvalue weighted by Gasteiger charge is -2.27. The smallest absolute Gasteiger partial charge is 0.160 e. The SMILES string of the molecule is COc1ccc([C@@H]2[C@@H](c3ccccn3)N=C3S[C@H](C)CN32)cc1Cl. The van der Waals surface area contributed by atoms with Gasteiger partial charge >= 0.3 is 0 Å². The van der Waals surface area contributed by atoms with Crippen LogP contribution in [0.2, 0.25) is 5.02 Å². The molecule has 3 atom stereocenters. The lowest BCUT2D eigenvalue weighted by molar-refractivity contribution is 0.321. The quantitative estimate of drug-likeness (QED) is 0.817. The summed E-state index contributed by atoms with van der Waals surface area (Å²) in [6.45, 7) is 3.22. The molecule has 2 aliphatic heterocycles. The topological polar surface area (TPSA) is 37.7 Å². The first-order valence-corrected chi connectivity index (χ1v) is 9.18. The van der Waals surface area contributed by atoms with E-state index in [1.165, 1.54) is 0 Å². The minimum absolute atomic E-state index is 0.00865. The lowest BCUT2D eigenvalue weighted by atomic mass is 9.96. The van der Waals surface area contributed by atoms with Crippen molar-refractivity contribution in [3.05, 3.63) is 58.9 Å². The molecule has 6 heteroatoms. The Bertz CT molecular complexity index is 783. The second kappa shape index (κ2) is 6.30. The highest BCUT2D eigenvalue weighted by atomic mass is 35.5. The summed E-state index contributed by atoms with van der Waals surface area (Å²) in [5.74, 6) is 0.693. The molecule has 0 N–H and O–H groups in total. The molecule has 1 fully saturated rings. The van der Waals surface area contributed by atoms with E-state index in [-0.39, 0.29) is 12.1 Å². The molecule has 0 saturated carbocycles. The minimum atomic E-state index is -0.00865. The van der Waals surface area contributed by atoms with Crippen molar-refractivity contribution in [2.45, 2.75) is 24.3 Å². The normalized spacial score (nSPS) is 25.5. The van der Waals surface area contributed by atoms with E-state index in [4.69, 9.17) is 21.3 Å². The number of hydrogen-bond acceptors (Lipinski definition) is 5. The molecular weight excluding hydrogens is 342 g/mol. The van der Waals surface area contributed by atoms with Crippen molar-refractivity contribution in [1.29, 1.82) is 0 Å². The van der Waals surface area contributed by atoms with Gasteiger partial charge in [0.05, 0.1) is 23.9 Å². The van der Waals surface area contributed by atoms with E-state index in [2.05, 4.69) is 22.9 Å². The largest absolute Gasteiger partial charge is 0.495 e. The summed E-state index contributed by atoms with van der Waals surface area (Å²) < 4.78 is 5.29. The average Bonchev–Trinajstić information content (AvgIpc) is 3.11. The van der Waals surface area contributed by atoms with Crippen LogP contribution >= 0.6 is 23.4 Å². The number of pyridine rings is 1. The Morgan fingerprint density at radius 1 is 1.29 bits per heavy atom. The van der Waals surface area contributed by atoms with Crippen molar-refractivity contribution >= 4 is 28.5 Å². The first kappa shape index (κ1) is 15.8. The molecule has 24 heavy (non-hydrogen) atoms. The van der Waals surface area contributed by atoms with E-state index in [0.29, 0.717) is 16.0 Å². The summed E-state index contributed by atoms with van der Waals surface area (Å²) in [5.41, 5.74) is 2.13. The molecule has 1 saturated heterocycles. The lowest BCUT2D eigenvalue weighted by Crippen LogP contribution is -2.28. The maximum atomic E-state index is 6.37. The van der Waals surface area contributed by atoms with E-state index < -0.39 is 0 Å². The van der Waals surface area contributed by atoms with Crippen LogP contribution in [-0.4, -0.2) is 34.0 Å². The van der Waals surface area contributed by atoms with E-state index in [1.54, 1.807) is 7.11 Å². The molecule has 1 aromatic carbocycles. The zero-order chi connectivity index (χ0) is 16.7. The summed E-state index contributed by atoms with van der Waals surface area (Å²) in [4.78, 5) is 11.9. The maximum Gasteiger partial charge on any atom is 0.160 e. The van der Waals surface area contributed by atoms with Gasteiger partial charge in [0.25, 0.3) is 0 Å². The standard InChI is InChI=1S/C18H18ClN3OS/c1-11-10-22-17(12-6-7-15(23-2)13(19)9-12)16(21-18(22)24-11)14-5-3-4-8-20-14/h3-9,11,16-17H,10H2,1-2H3/t11-,16-,17-/m1/s1. The van der Waals surface area contributed by atoms with E-state index >= 15 is 0 Å². The van der Waals surface area contributed by atoms with Gasteiger partial charge in [-0.05, 0) is 29.8 Å². The van der Waals surface area contributed by atoms with Crippen LogP contribution in [0, 0.1) is 0 Å².